The summed E-state index contributed by atoms with van der Waals surface area (Å²) in [6.45, 7) is 0. The number of hydrogen-bond acceptors (Lipinski definition) is 6. The summed E-state index contributed by atoms with van der Waals surface area (Å²) in [5, 5.41) is 2.28. The van der Waals surface area contributed by atoms with E-state index in [1.54, 1.807) is 0 Å². The van der Waals surface area contributed by atoms with E-state index in [4.69, 9.17) is 0 Å². The third-order valence-corrected chi connectivity index (χ3v) is 11.5. The Morgan fingerprint density at radius 2 is 1.50 bits per heavy atom. The van der Waals surface area contributed by atoms with Gasteiger partial charge in [0.15, 0.2) is 12.4 Å². The molecule has 0 spiro atoms. The third kappa shape index (κ3) is 2.85. The van der Waals surface area contributed by atoms with Crippen molar-refractivity contribution in [2.75, 3.05) is 11.5 Å². The fourth-order valence-electron chi connectivity index (χ4n) is 1.82. The van der Waals surface area contributed by atoms with E-state index in [2.05, 4.69) is 22.5 Å². The Balaban J connectivity index is 1.52. The first-order valence-electron chi connectivity index (χ1n) is 6.01. The molecule has 0 unspecified atom stereocenters. The van der Waals surface area contributed by atoms with Crippen LogP contribution in [0.15, 0.2) is 46.9 Å². The molecule has 3 aliphatic rings. The number of thioether (sulfide) groups is 6. The predicted molar refractivity (Wildman–Crippen MR) is 100 cm³/mol. The van der Waals surface area contributed by atoms with Gasteiger partial charge in [-0.05, 0) is 5.41 Å². The van der Waals surface area contributed by atoms with Crippen molar-refractivity contribution < 1.29 is 4.98 Å². The van der Waals surface area contributed by atoms with Crippen molar-refractivity contribution in [2.24, 2.45) is 0 Å². The van der Waals surface area contributed by atoms with Crippen molar-refractivity contribution >= 4 is 75.5 Å². The second-order valence-electron chi connectivity index (χ2n) is 4.04. The summed E-state index contributed by atoms with van der Waals surface area (Å²) in [5.41, 5.74) is 1.30. The largest absolute Gasteiger partial charge is 0.218 e. The van der Waals surface area contributed by atoms with Crippen LogP contribution >= 0.6 is 70.6 Å². The summed E-state index contributed by atoms with van der Waals surface area (Å²) < 4.78 is 5.97. The van der Waals surface area contributed by atoms with Crippen molar-refractivity contribution in [3.63, 3.8) is 0 Å². The van der Waals surface area contributed by atoms with E-state index in [-0.39, 0.29) is 0 Å². The molecule has 4 rings (SSSR count). The highest BCUT2D eigenvalue weighted by atomic mass is 32.3. The van der Waals surface area contributed by atoms with E-state index in [0.29, 0.717) is 0 Å². The maximum absolute atomic E-state index is 3.08. The molecule has 0 aromatic carbocycles. The fraction of sp³-hybridized carbons (Fsp3) is 0.154. The lowest BCUT2D eigenvalue weighted by atomic mass is 10.3. The van der Waals surface area contributed by atoms with Gasteiger partial charge in [-0.2, -0.15) is 0 Å². The van der Waals surface area contributed by atoms with Gasteiger partial charge in [-0.3, -0.25) is 0 Å². The highest BCUT2D eigenvalue weighted by Crippen LogP contribution is 2.64. The maximum Gasteiger partial charge on any atom is 0.167 e. The fourth-order valence-corrected chi connectivity index (χ4v) is 10.4. The van der Waals surface area contributed by atoms with Crippen LogP contribution in [0, 0.1) is 0 Å². The molecule has 0 radical (unpaired) electrons. The Hall–Kier alpha value is 0.470. The van der Waals surface area contributed by atoms with E-state index in [1.165, 1.54) is 38.9 Å². The van der Waals surface area contributed by atoms with Crippen molar-refractivity contribution in [1.82, 2.24) is 0 Å². The quantitative estimate of drug-likeness (QED) is 0.642. The number of pyridine rings is 1. The van der Waals surface area contributed by atoms with E-state index in [9.17, 15) is 0 Å². The van der Waals surface area contributed by atoms with Gasteiger partial charge in [0.25, 0.3) is 0 Å². The van der Waals surface area contributed by atoms with Crippen LogP contribution in [0.25, 0.3) is 4.91 Å². The molecule has 4 heterocycles. The molecular weight excluding hydrogens is 363 g/mol. The van der Waals surface area contributed by atoms with E-state index < -0.39 is 0 Å². The van der Waals surface area contributed by atoms with Gasteiger partial charge in [0, 0.05) is 34.1 Å². The first kappa shape index (κ1) is 14.1. The van der Waals surface area contributed by atoms with Gasteiger partial charge in [-0.25, -0.2) is 4.98 Å². The standard InChI is InChI=1S/C13H9NS6/c1-3-14-4-2-8(1)9-7-17-12(18-9)13-19-10-11(20-13)16-6-5-15-10/h1-4,7H,5-6H2/p+1. The number of H-pyrrole nitrogens is 1. The number of aromatic amines is 1. The van der Waals surface area contributed by atoms with Crippen LogP contribution < -0.4 is 4.98 Å². The van der Waals surface area contributed by atoms with Crippen LogP contribution in [-0.2, 0) is 0 Å². The molecule has 0 saturated carbocycles. The average Bonchev–Trinajstić information content (AvgIpc) is 3.14. The molecule has 0 saturated heterocycles. The highest BCUT2D eigenvalue weighted by Gasteiger charge is 2.29. The first-order chi connectivity index (χ1) is 9.90. The summed E-state index contributed by atoms with van der Waals surface area (Å²) in [7, 11) is 0. The first-order valence-corrected chi connectivity index (χ1v) is 11.3. The molecule has 102 valence electrons. The molecule has 7 heteroatoms. The van der Waals surface area contributed by atoms with E-state index in [1.807, 2.05) is 83.0 Å². The lowest BCUT2D eigenvalue weighted by Crippen LogP contribution is -1.97. The van der Waals surface area contributed by atoms with Crippen molar-refractivity contribution in [3.8, 4) is 0 Å². The lowest BCUT2D eigenvalue weighted by Gasteiger charge is -2.08. The molecular formula is C13H10NS6+. The monoisotopic (exact) mass is 372 g/mol. The summed E-state index contributed by atoms with van der Waals surface area (Å²) in [6.07, 6.45) is 3.97. The van der Waals surface area contributed by atoms with Crippen molar-refractivity contribution in [2.45, 2.75) is 0 Å². The molecule has 0 atom stereocenters. The molecule has 1 aromatic rings. The molecule has 20 heavy (non-hydrogen) atoms. The number of hydrogen-bond donors (Lipinski definition) is 0. The molecule has 0 fully saturated rings. The summed E-state index contributed by atoms with van der Waals surface area (Å²) in [6, 6.07) is 4.27. The second-order valence-corrected chi connectivity index (χ2v) is 11.3. The van der Waals surface area contributed by atoms with Gasteiger partial charge in [-0.15, -0.1) is 23.5 Å². The normalized spacial score (nSPS) is 22.3. The zero-order valence-electron chi connectivity index (χ0n) is 10.3. The van der Waals surface area contributed by atoms with E-state index in [0.717, 1.165) is 0 Å². The average molecular weight is 373 g/mol. The molecule has 0 bridgehead atoms. The molecule has 0 amide bonds. The van der Waals surface area contributed by atoms with Crippen molar-refractivity contribution in [3.05, 3.63) is 52.4 Å². The van der Waals surface area contributed by atoms with Gasteiger partial charge < -0.3 is 0 Å². The minimum atomic E-state index is 1.25. The Labute approximate surface area is 143 Å². The van der Waals surface area contributed by atoms with Crippen LogP contribution in [0.4, 0.5) is 0 Å². The highest BCUT2D eigenvalue weighted by molar-refractivity contribution is 8.43. The van der Waals surface area contributed by atoms with Gasteiger partial charge >= 0.3 is 0 Å². The maximum atomic E-state index is 3.08. The smallest absolute Gasteiger partial charge is 0.167 e. The Morgan fingerprint density at radius 3 is 2.20 bits per heavy atom. The minimum absolute atomic E-state index is 1.25. The van der Waals surface area contributed by atoms with Gasteiger partial charge in [0.1, 0.15) is 0 Å². The van der Waals surface area contributed by atoms with Crippen LogP contribution in [0.5, 0.6) is 0 Å². The van der Waals surface area contributed by atoms with Crippen LogP contribution in [-0.4, -0.2) is 11.5 Å². The molecule has 3 aliphatic heterocycles. The number of rotatable bonds is 1. The number of aromatic nitrogens is 1. The number of nitrogens with one attached hydrogen (secondary N) is 1. The molecule has 1 aromatic heterocycles. The molecule has 1 nitrogen and oxygen atoms in total. The topological polar surface area (TPSA) is 14.1 Å². The second kappa shape index (κ2) is 6.30. The zero-order valence-corrected chi connectivity index (χ0v) is 15.1. The third-order valence-electron chi connectivity index (χ3n) is 2.73. The van der Waals surface area contributed by atoms with Crippen LogP contribution in [0.2, 0.25) is 0 Å². The minimum Gasteiger partial charge on any atom is -0.218 e. The Bertz CT molecular complexity index is 614. The van der Waals surface area contributed by atoms with Gasteiger partial charge in [0.05, 0.1) is 16.9 Å². The Morgan fingerprint density at radius 1 is 0.800 bits per heavy atom. The summed E-state index contributed by atoms with van der Waals surface area (Å²) in [5.74, 6) is 2.51. The SMILES string of the molecule is C1=C(c2cc[nH+]cc2)SC(=C2SC3=C(SCCS3)S2)S1. The van der Waals surface area contributed by atoms with Crippen LogP contribution in [0.3, 0.4) is 0 Å². The lowest BCUT2D eigenvalue weighted by molar-refractivity contribution is -0.378. The molecule has 0 aliphatic carbocycles. The van der Waals surface area contributed by atoms with Gasteiger partial charge in [0.2, 0.25) is 0 Å². The van der Waals surface area contributed by atoms with Crippen LogP contribution in [0.1, 0.15) is 5.56 Å². The molecule has 1 N–H and O–H groups in total. The summed E-state index contributed by atoms with van der Waals surface area (Å²) in [4.78, 5) is 4.44. The predicted octanol–water partition coefficient (Wildman–Crippen LogP) is 5.49. The van der Waals surface area contributed by atoms with Gasteiger partial charge in [-0.1, -0.05) is 47.0 Å². The van der Waals surface area contributed by atoms with Crippen molar-refractivity contribution in [1.29, 1.82) is 0 Å². The van der Waals surface area contributed by atoms with E-state index >= 15 is 0 Å². The Kier molecular flexibility index (Phi) is 4.44. The summed E-state index contributed by atoms with van der Waals surface area (Å²) >= 11 is 11.8. The zero-order chi connectivity index (χ0) is 13.4.